The third-order valence-electron chi connectivity index (χ3n) is 6.06. The van der Waals surface area contributed by atoms with Crippen LogP contribution in [0.3, 0.4) is 0 Å². The normalized spacial score (nSPS) is 17.3. The summed E-state index contributed by atoms with van der Waals surface area (Å²) in [5.74, 6) is 0.244. The van der Waals surface area contributed by atoms with Gasteiger partial charge >= 0.3 is 0 Å². The Bertz CT molecular complexity index is 1360. The standard InChI is InChI=1S/C26H23N3O6S/c30-25-24(17-19-16-20(29(32)33)8-9-22(19)27-10-13-34-14-11-27)36-26(31)28(25)12-15-35-23-7-3-5-18-4-1-2-6-21(18)23/h1-9,16-17H,10-15H2/b24-17-. The van der Waals surface area contributed by atoms with Crippen LogP contribution in [0.4, 0.5) is 16.2 Å². The minimum Gasteiger partial charge on any atom is -0.491 e. The Hall–Kier alpha value is -3.89. The van der Waals surface area contributed by atoms with E-state index < -0.39 is 16.1 Å². The Labute approximate surface area is 211 Å². The van der Waals surface area contributed by atoms with Crippen molar-refractivity contribution in [3.05, 3.63) is 81.2 Å². The molecule has 36 heavy (non-hydrogen) atoms. The minimum atomic E-state index is -0.475. The van der Waals surface area contributed by atoms with Crippen molar-refractivity contribution in [1.82, 2.24) is 4.90 Å². The lowest BCUT2D eigenvalue weighted by molar-refractivity contribution is -0.384. The fourth-order valence-corrected chi connectivity index (χ4v) is 5.12. The maximum Gasteiger partial charge on any atom is 0.293 e. The zero-order chi connectivity index (χ0) is 25.1. The molecule has 0 atom stereocenters. The van der Waals surface area contributed by atoms with Gasteiger partial charge in [-0.05, 0) is 35.4 Å². The third-order valence-corrected chi connectivity index (χ3v) is 6.96. The molecule has 0 saturated carbocycles. The largest absolute Gasteiger partial charge is 0.491 e. The first-order chi connectivity index (χ1) is 17.5. The number of ether oxygens (including phenoxy) is 2. The monoisotopic (exact) mass is 505 g/mol. The van der Waals surface area contributed by atoms with Crippen molar-refractivity contribution >= 4 is 51.1 Å². The van der Waals surface area contributed by atoms with Gasteiger partial charge in [-0.25, -0.2) is 0 Å². The lowest BCUT2D eigenvalue weighted by atomic mass is 10.1. The van der Waals surface area contributed by atoms with Gasteiger partial charge in [-0.3, -0.25) is 24.6 Å². The van der Waals surface area contributed by atoms with E-state index >= 15 is 0 Å². The summed E-state index contributed by atoms with van der Waals surface area (Å²) in [6.07, 6.45) is 1.56. The number of morpholine rings is 1. The summed E-state index contributed by atoms with van der Waals surface area (Å²) in [5.41, 5.74) is 1.19. The van der Waals surface area contributed by atoms with Crippen molar-refractivity contribution in [3.63, 3.8) is 0 Å². The maximum atomic E-state index is 13.1. The number of benzene rings is 3. The lowest BCUT2D eigenvalue weighted by Crippen LogP contribution is -2.36. The number of carbonyl (C=O) groups is 2. The van der Waals surface area contributed by atoms with Crippen molar-refractivity contribution in [1.29, 1.82) is 0 Å². The number of nitro benzene ring substituents is 1. The van der Waals surface area contributed by atoms with Crippen LogP contribution >= 0.6 is 11.8 Å². The van der Waals surface area contributed by atoms with Gasteiger partial charge in [0.05, 0.1) is 29.6 Å². The second kappa shape index (κ2) is 10.4. The van der Waals surface area contributed by atoms with E-state index in [0.29, 0.717) is 37.6 Å². The number of carbonyl (C=O) groups excluding carboxylic acids is 2. The Balaban J connectivity index is 1.33. The van der Waals surface area contributed by atoms with Gasteiger partial charge in [0.15, 0.2) is 0 Å². The number of anilines is 1. The molecule has 2 heterocycles. The Kier molecular flexibility index (Phi) is 6.88. The number of nitro groups is 1. The summed E-state index contributed by atoms with van der Waals surface area (Å²) in [4.78, 5) is 40.0. The average molecular weight is 506 g/mol. The molecule has 5 rings (SSSR count). The van der Waals surface area contributed by atoms with Crippen molar-refractivity contribution in [2.75, 3.05) is 44.4 Å². The Morgan fingerprint density at radius 3 is 2.64 bits per heavy atom. The number of hydrogen-bond donors (Lipinski definition) is 0. The molecule has 2 fully saturated rings. The highest BCUT2D eigenvalue weighted by Gasteiger charge is 2.35. The van der Waals surface area contributed by atoms with Crippen molar-refractivity contribution in [2.45, 2.75) is 0 Å². The van der Waals surface area contributed by atoms with E-state index in [1.165, 1.54) is 12.1 Å². The molecular weight excluding hydrogens is 482 g/mol. The van der Waals surface area contributed by atoms with Gasteiger partial charge < -0.3 is 14.4 Å². The molecule has 9 nitrogen and oxygen atoms in total. The number of fused-ring (bicyclic) bond motifs is 1. The van der Waals surface area contributed by atoms with Crippen molar-refractivity contribution in [3.8, 4) is 5.75 Å². The highest BCUT2D eigenvalue weighted by molar-refractivity contribution is 8.18. The number of imide groups is 1. The van der Waals surface area contributed by atoms with Crippen LogP contribution in [0.5, 0.6) is 5.75 Å². The molecule has 0 radical (unpaired) electrons. The third kappa shape index (κ3) is 4.91. The van der Waals surface area contributed by atoms with Crippen molar-refractivity contribution in [2.24, 2.45) is 0 Å². The van der Waals surface area contributed by atoms with E-state index in [9.17, 15) is 19.7 Å². The van der Waals surface area contributed by atoms with E-state index in [4.69, 9.17) is 9.47 Å². The van der Waals surface area contributed by atoms with Crippen LogP contribution in [-0.4, -0.2) is 60.4 Å². The quantitative estimate of drug-likeness (QED) is 0.259. The number of hydrogen-bond acceptors (Lipinski definition) is 8. The van der Waals surface area contributed by atoms with Gasteiger partial charge in [0.1, 0.15) is 12.4 Å². The van der Waals surface area contributed by atoms with Gasteiger partial charge in [-0.2, -0.15) is 0 Å². The van der Waals surface area contributed by atoms with Gasteiger partial charge in [0.25, 0.3) is 16.8 Å². The van der Waals surface area contributed by atoms with Crippen LogP contribution in [0.15, 0.2) is 65.6 Å². The smallest absolute Gasteiger partial charge is 0.293 e. The Morgan fingerprint density at radius 1 is 1.06 bits per heavy atom. The predicted molar refractivity (Wildman–Crippen MR) is 138 cm³/mol. The summed E-state index contributed by atoms with van der Waals surface area (Å²) in [6.45, 7) is 2.59. The van der Waals surface area contributed by atoms with Crippen LogP contribution in [0.25, 0.3) is 16.8 Å². The molecule has 0 spiro atoms. The van der Waals surface area contributed by atoms with E-state index in [0.717, 1.165) is 33.1 Å². The van der Waals surface area contributed by atoms with Crippen LogP contribution < -0.4 is 9.64 Å². The molecule has 3 aromatic carbocycles. The number of thioether (sulfide) groups is 1. The second-order valence-corrected chi connectivity index (χ2v) is 9.25. The highest BCUT2D eigenvalue weighted by Crippen LogP contribution is 2.35. The van der Waals surface area contributed by atoms with Gasteiger partial charge in [-0.15, -0.1) is 0 Å². The van der Waals surface area contributed by atoms with Crippen LogP contribution in [0.1, 0.15) is 5.56 Å². The minimum absolute atomic E-state index is 0.0824. The molecule has 0 N–H and O–H groups in total. The molecule has 3 aromatic rings. The second-order valence-electron chi connectivity index (χ2n) is 8.26. The molecule has 2 aliphatic heterocycles. The summed E-state index contributed by atoms with van der Waals surface area (Å²) in [5, 5.41) is 13.0. The van der Waals surface area contributed by atoms with E-state index in [2.05, 4.69) is 4.90 Å². The number of nitrogens with zero attached hydrogens (tertiary/aromatic N) is 3. The van der Waals surface area contributed by atoms with Crippen LogP contribution in [0, 0.1) is 10.1 Å². The van der Waals surface area contributed by atoms with E-state index in [1.807, 2.05) is 42.5 Å². The van der Waals surface area contributed by atoms with Gasteiger partial charge in [0.2, 0.25) is 0 Å². The molecule has 0 aromatic heterocycles. The summed E-state index contributed by atoms with van der Waals surface area (Å²) < 4.78 is 11.3. The molecule has 2 saturated heterocycles. The first kappa shape index (κ1) is 23.8. The zero-order valence-electron chi connectivity index (χ0n) is 19.3. The molecule has 10 heteroatoms. The maximum absolute atomic E-state index is 13.1. The molecular formula is C26H23N3O6S. The fourth-order valence-electron chi connectivity index (χ4n) is 4.27. The van der Waals surface area contributed by atoms with Crippen molar-refractivity contribution < 1.29 is 24.0 Å². The van der Waals surface area contributed by atoms with E-state index in [-0.39, 0.29) is 23.7 Å². The van der Waals surface area contributed by atoms with Gasteiger partial charge in [0, 0.05) is 41.9 Å². The SMILES string of the molecule is O=C1S/C(=C\c2cc([N+](=O)[O-])ccc2N2CCOCC2)C(=O)N1CCOc1cccc2ccccc12. The summed E-state index contributed by atoms with van der Waals surface area (Å²) in [6, 6.07) is 18.1. The first-order valence-corrected chi connectivity index (χ1v) is 12.3. The molecule has 0 bridgehead atoms. The number of amides is 2. The lowest BCUT2D eigenvalue weighted by Gasteiger charge is -2.30. The van der Waals surface area contributed by atoms with E-state index in [1.54, 1.807) is 12.1 Å². The molecule has 2 amide bonds. The zero-order valence-corrected chi connectivity index (χ0v) is 20.1. The van der Waals surface area contributed by atoms with Crippen LogP contribution in [0.2, 0.25) is 0 Å². The Morgan fingerprint density at radius 2 is 1.83 bits per heavy atom. The van der Waals surface area contributed by atoms with Gasteiger partial charge in [-0.1, -0.05) is 36.4 Å². The summed E-state index contributed by atoms with van der Waals surface area (Å²) in [7, 11) is 0. The molecule has 0 aliphatic carbocycles. The molecule has 0 unspecified atom stereocenters. The topological polar surface area (TPSA) is 102 Å². The average Bonchev–Trinajstić information content (AvgIpc) is 3.16. The van der Waals surface area contributed by atoms with Crippen LogP contribution in [-0.2, 0) is 9.53 Å². The number of non-ortho nitro benzene ring substituents is 1. The highest BCUT2D eigenvalue weighted by atomic mass is 32.2. The first-order valence-electron chi connectivity index (χ1n) is 11.5. The fraction of sp³-hybridized carbons (Fsp3) is 0.231. The summed E-state index contributed by atoms with van der Waals surface area (Å²) >= 11 is 0.825. The molecule has 2 aliphatic rings. The predicted octanol–water partition coefficient (Wildman–Crippen LogP) is 4.70. The molecule has 184 valence electrons. The number of rotatable bonds is 7.